The number of rotatable bonds is 3. The summed E-state index contributed by atoms with van der Waals surface area (Å²) in [6, 6.07) is 0. The summed E-state index contributed by atoms with van der Waals surface area (Å²) < 4.78 is 10.4. The molecule has 4 nitrogen and oxygen atoms in total. The van der Waals surface area contributed by atoms with E-state index in [1.54, 1.807) is 7.11 Å². The number of methoxy groups -OCH3 is 1. The monoisotopic (exact) mass is 300 g/mol. The summed E-state index contributed by atoms with van der Waals surface area (Å²) in [5.74, 6) is -1.80. The van der Waals surface area contributed by atoms with E-state index in [9.17, 15) is 9.59 Å². The zero-order chi connectivity index (χ0) is 17.0. The molecule has 1 heterocycles. The molecular weight excluding hydrogens is 268 g/mol. The zero-order valence-electron chi connectivity index (χ0n) is 15.1. The lowest BCUT2D eigenvalue weighted by Crippen LogP contribution is -2.40. The maximum Gasteiger partial charge on any atom is 0.320 e. The van der Waals surface area contributed by atoms with Crippen molar-refractivity contribution in [3.05, 3.63) is 0 Å². The van der Waals surface area contributed by atoms with Crippen LogP contribution in [0.5, 0.6) is 0 Å². The Balaban J connectivity index is 0.00000191. The summed E-state index contributed by atoms with van der Waals surface area (Å²) in [5, 5.41) is 0. The largest absolute Gasteiger partial charge is 0.393 e. The smallest absolute Gasteiger partial charge is 0.320 e. The van der Waals surface area contributed by atoms with Gasteiger partial charge in [0.2, 0.25) is 0 Å². The van der Waals surface area contributed by atoms with Crippen molar-refractivity contribution < 1.29 is 19.1 Å². The van der Waals surface area contributed by atoms with Crippen LogP contribution in [0.25, 0.3) is 0 Å². The Kier molecular flexibility index (Phi) is 7.07. The van der Waals surface area contributed by atoms with E-state index in [2.05, 4.69) is 20.8 Å². The van der Waals surface area contributed by atoms with Crippen molar-refractivity contribution in [2.24, 2.45) is 22.7 Å². The minimum Gasteiger partial charge on any atom is -0.393 e. The third-order valence-corrected chi connectivity index (χ3v) is 3.54. The molecule has 0 spiro atoms. The molecule has 1 fully saturated rings. The van der Waals surface area contributed by atoms with Crippen LogP contribution in [0.2, 0.25) is 0 Å². The average molecular weight is 300 g/mol. The Morgan fingerprint density at radius 3 is 1.86 bits per heavy atom. The van der Waals surface area contributed by atoms with Crippen molar-refractivity contribution in [2.45, 2.75) is 67.9 Å². The molecule has 0 amide bonds. The van der Waals surface area contributed by atoms with E-state index in [0.717, 1.165) is 0 Å². The predicted molar refractivity (Wildman–Crippen MR) is 83.8 cm³/mol. The summed E-state index contributed by atoms with van der Waals surface area (Å²) in [4.78, 5) is 23.9. The Bertz CT molecular complexity index is 360. The van der Waals surface area contributed by atoms with Crippen LogP contribution in [-0.2, 0) is 19.1 Å². The van der Waals surface area contributed by atoms with Crippen LogP contribution in [-0.4, -0.2) is 25.2 Å². The van der Waals surface area contributed by atoms with Crippen LogP contribution >= 0.6 is 0 Å². The topological polar surface area (TPSA) is 52.6 Å². The van der Waals surface area contributed by atoms with Gasteiger partial charge in [-0.05, 0) is 17.3 Å². The number of carbonyl (C=O) groups is 2. The number of cyclic esters (lactones) is 2. The van der Waals surface area contributed by atoms with Gasteiger partial charge in [0.05, 0.1) is 17.9 Å². The first-order valence-corrected chi connectivity index (χ1v) is 7.75. The maximum atomic E-state index is 12.0. The number of hydrogen-bond acceptors (Lipinski definition) is 4. The summed E-state index contributed by atoms with van der Waals surface area (Å²) >= 11 is 0. The minimum absolute atomic E-state index is 0.0228. The van der Waals surface area contributed by atoms with Crippen LogP contribution in [0.4, 0.5) is 0 Å². The Morgan fingerprint density at radius 2 is 1.52 bits per heavy atom. The standard InChI is InChI=1S/C15H26O4.C2H6/c1-14(2,3)8-9(18-7)10-11(15(4,5)6)13(17)19-12(10)16;1-2/h9-11H,8H2,1-7H3;1-2H3. The highest BCUT2D eigenvalue weighted by Crippen LogP contribution is 2.42. The maximum absolute atomic E-state index is 12.0. The zero-order valence-corrected chi connectivity index (χ0v) is 15.1. The molecule has 124 valence electrons. The van der Waals surface area contributed by atoms with Crippen LogP contribution < -0.4 is 0 Å². The minimum atomic E-state index is -0.503. The van der Waals surface area contributed by atoms with E-state index < -0.39 is 23.8 Å². The van der Waals surface area contributed by atoms with Crippen molar-refractivity contribution in [1.82, 2.24) is 0 Å². The third-order valence-electron chi connectivity index (χ3n) is 3.54. The van der Waals surface area contributed by atoms with Gasteiger partial charge in [-0.2, -0.15) is 0 Å². The lowest BCUT2D eigenvalue weighted by Gasteiger charge is -2.33. The fourth-order valence-electron chi connectivity index (χ4n) is 2.73. The number of ether oxygens (including phenoxy) is 2. The van der Waals surface area contributed by atoms with E-state index in [1.165, 1.54) is 0 Å². The van der Waals surface area contributed by atoms with Gasteiger partial charge in [-0.25, -0.2) is 0 Å². The molecule has 1 saturated heterocycles. The number of carbonyl (C=O) groups excluding carboxylic acids is 2. The molecule has 1 aliphatic heterocycles. The van der Waals surface area contributed by atoms with Gasteiger partial charge in [0.1, 0.15) is 0 Å². The van der Waals surface area contributed by atoms with Gasteiger partial charge >= 0.3 is 11.9 Å². The average Bonchev–Trinajstić information content (AvgIpc) is 2.62. The van der Waals surface area contributed by atoms with Gasteiger partial charge in [-0.1, -0.05) is 55.4 Å². The van der Waals surface area contributed by atoms with Gasteiger partial charge in [0.25, 0.3) is 0 Å². The Hall–Kier alpha value is -0.900. The van der Waals surface area contributed by atoms with Crippen molar-refractivity contribution in [2.75, 3.05) is 7.11 Å². The molecule has 3 unspecified atom stereocenters. The quantitative estimate of drug-likeness (QED) is 0.587. The van der Waals surface area contributed by atoms with Crippen LogP contribution in [0, 0.1) is 22.7 Å². The molecule has 0 aromatic carbocycles. The van der Waals surface area contributed by atoms with E-state index in [-0.39, 0.29) is 16.9 Å². The lowest BCUT2D eigenvalue weighted by atomic mass is 9.70. The molecule has 0 N–H and O–H groups in total. The molecule has 0 aliphatic carbocycles. The van der Waals surface area contributed by atoms with Crippen molar-refractivity contribution in [1.29, 1.82) is 0 Å². The molecule has 3 atom stereocenters. The molecule has 1 aliphatic rings. The first-order valence-electron chi connectivity index (χ1n) is 7.75. The van der Waals surface area contributed by atoms with Gasteiger partial charge in [-0.3, -0.25) is 9.59 Å². The SMILES string of the molecule is CC.COC(CC(C)(C)C)C1C(=O)OC(=O)C1C(C)(C)C. The predicted octanol–water partition coefficient (Wildman–Crippen LogP) is 3.83. The van der Waals surface area contributed by atoms with Crippen LogP contribution in [0.1, 0.15) is 61.8 Å². The molecule has 4 heteroatoms. The first kappa shape index (κ1) is 20.1. The molecule has 21 heavy (non-hydrogen) atoms. The number of hydrogen-bond donors (Lipinski definition) is 0. The Labute approximate surface area is 129 Å². The molecule has 0 saturated carbocycles. The molecule has 1 rings (SSSR count). The molecule has 0 aromatic heterocycles. The van der Waals surface area contributed by atoms with Gasteiger partial charge in [-0.15, -0.1) is 0 Å². The second-order valence-electron chi connectivity index (χ2n) is 7.65. The summed E-state index contributed by atoms with van der Waals surface area (Å²) in [6.07, 6.45) is 0.423. The summed E-state index contributed by atoms with van der Waals surface area (Å²) in [7, 11) is 1.59. The summed E-state index contributed by atoms with van der Waals surface area (Å²) in [6.45, 7) is 16.1. The van der Waals surface area contributed by atoms with Crippen LogP contribution in [0.15, 0.2) is 0 Å². The fourth-order valence-corrected chi connectivity index (χ4v) is 2.73. The van der Waals surface area contributed by atoms with Gasteiger partial charge in [0, 0.05) is 7.11 Å². The van der Waals surface area contributed by atoms with Gasteiger partial charge in [0.15, 0.2) is 0 Å². The van der Waals surface area contributed by atoms with E-state index in [4.69, 9.17) is 9.47 Å². The van der Waals surface area contributed by atoms with E-state index in [0.29, 0.717) is 6.42 Å². The molecular formula is C17H32O4. The number of esters is 2. The molecule has 0 aromatic rings. The van der Waals surface area contributed by atoms with Crippen LogP contribution in [0.3, 0.4) is 0 Å². The second kappa shape index (κ2) is 7.39. The highest BCUT2D eigenvalue weighted by molar-refractivity contribution is 5.97. The molecule has 0 radical (unpaired) electrons. The highest BCUT2D eigenvalue weighted by atomic mass is 16.6. The van der Waals surface area contributed by atoms with Crippen molar-refractivity contribution in [3.8, 4) is 0 Å². The van der Waals surface area contributed by atoms with Gasteiger partial charge < -0.3 is 9.47 Å². The first-order chi connectivity index (χ1) is 9.47. The highest BCUT2D eigenvalue weighted by Gasteiger charge is 2.53. The van der Waals surface area contributed by atoms with Crippen molar-refractivity contribution in [3.63, 3.8) is 0 Å². The molecule has 0 bridgehead atoms. The third kappa shape index (κ3) is 5.42. The summed E-state index contributed by atoms with van der Waals surface area (Å²) in [5.41, 5.74) is -0.294. The second-order valence-corrected chi connectivity index (χ2v) is 7.65. The Morgan fingerprint density at radius 1 is 1.05 bits per heavy atom. The van der Waals surface area contributed by atoms with Crippen molar-refractivity contribution >= 4 is 11.9 Å². The fraction of sp³-hybridized carbons (Fsp3) is 0.882. The lowest BCUT2D eigenvalue weighted by molar-refractivity contribution is -0.155. The van der Waals surface area contributed by atoms with E-state index in [1.807, 2.05) is 34.6 Å². The normalized spacial score (nSPS) is 24.2. The van der Waals surface area contributed by atoms with E-state index >= 15 is 0 Å².